The summed E-state index contributed by atoms with van der Waals surface area (Å²) >= 11 is 0. The van der Waals surface area contributed by atoms with Gasteiger partial charge in [0.1, 0.15) is 0 Å². The highest BCUT2D eigenvalue weighted by Crippen LogP contribution is 2.14. The van der Waals surface area contributed by atoms with E-state index in [-0.39, 0.29) is 11.8 Å². The van der Waals surface area contributed by atoms with Gasteiger partial charge in [-0.2, -0.15) is 0 Å². The Kier molecular flexibility index (Phi) is 3.86. The van der Waals surface area contributed by atoms with Gasteiger partial charge >= 0.3 is 5.97 Å². The zero-order valence-corrected chi connectivity index (χ0v) is 7.42. The quantitative estimate of drug-likeness (QED) is 0.637. The van der Waals surface area contributed by atoms with E-state index in [4.69, 9.17) is 5.11 Å². The van der Waals surface area contributed by atoms with E-state index in [2.05, 4.69) is 20.8 Å². The molecule has 0 aliphatic rings. The number of hydrogen-bond donors (Lipinski definition) is 1. The fourth-order valence-electron chi connectivity index (χ4n) is 0.644. The maximum atomic E-state index is 10.1. The molecule has 0 aromatic rings. The molecular weight excluding hydrogens is 140 g/mol. The van der Waals surface area contributed by atoms with Crippen molar-refractivity contribution in [2.75, 3.05) is 0 Å². The zero-order chi connectivity index (χ0) is 8.91. The Morgan fingerprint density at radius 3 is 2.36 bits per heavy atom. The van der Waals surface area contributed by atoms with Gasteiger partial charge in [-0.3, -0.25) is 4.79 Å². The fourth-order valence-corrected chi connectivity index (χ4v) is 0.644. The number of carboxylic acid groups (broad SMARTS) is 1. The molecular formula is C9H16O2. The third kappa shape index (κ3) is 9.21. The molecule has 0 aliphatic heterocycles. The van der Waals surface area contributed by atoms with Crippen LogP contribution in [-0.4, -0.2) is 11.1 Å². The van der Waals surface area contributed by atoms with Crippen LogP contribution in [0.4, 0.5) is 0 Å². The standard InChI is InChI=1S/C9H16O2/c1-9(2,3)7-5-4-6-8(10)11/h5,7H,4,6H2,1-3H3,(H,10,11)/b7-5+. The second kappa shape index (κ2) is 4.16. The van der Waals surface area contributed by atoms with Gasteiger partial charge in [0.2, 0.25) is 0 Å². The number of carboxylic acids is 1. The molecule has 0 aromatic carbocycles. The summed E-state index contributed by atoms with van der Waals surface area (Å²) < 4.78 is 0. The summed E-state index contributed by atoms with van der Waals surface area (Å²) in [7, 11) is 0. The van der Waals surface area contributed by atoms with Crippen LogP contribution in [0.5, 0.6) is 0 Å². The molecule has 0 bridgehead atoms. The van der Waals surface area contributed by atoms with Crippen molar-refractivity contribution in [1.29, 1.82) is 0 Å². The Morgan fingerprint density at radius 2 is 2.00 bits per heavy atom. The summed E-state index contributed by atoms with van der Waals surface area (Å²) in [5.41, 5.74) is 0.165. The van der Waals surface area contributed by atoms with Gasteiger partial charge in [-0.15, -0.1) is 0 Å². The molecule has 11 heavy (non-hydrogen) atoms. The molecule has 0 atom stereocenters. The van der Waals surface area contributed by atoms with E-state index in [1.54, 1.807) is 0 Å². The SMILES string of the molecule is CC(C)(C)/C=C/CCC(=O)O. The number of carbonyl (C=O) groups is 1. The molecule has 0 fully saturated rings. The van der Waals surface area contributed by atoms with Gasteiger partial charge in [0.15, 0.2) is 0 Å². The molecule has 0 saturated heterocycles. The summed E-state index contributed by atoms with van der Waals surface area (Å²) in [5.74, 6) is -0.733. The second-order valence-corrected chi connectivity index (χ2v) is 3.70. The Labute approximate surface area is 67.9 Å². The first-order chi connectivity index (χ1) is 4.92. The third-order valence-electron chi connectivity index (χ3n) is 1.14. The summed E-state index contributed by atoms with van der Waals surface area (Å²) in [6, 6.07) is 0. The molecule has 2 heteroatoms. The lowest BCUT2D eigenvalue weighted by Crippen LogP contribution is -1.99. The van der Waals surface area contributed by atoms with E-state index >= 15 is 0 Å². The van der Waals surface area contributed by atoms with Crippen LogP contribution in [0.25, 0.3) is 0 Å². The lowest BCUT2D eigenvalue weighted by atomic mass is 9.96. The van der Waals surface area contributed by atoms with E-state index < -0.39 is 5.97 Å². The van der Waals surface area contributed by atoms with E-state index in [0.717, 1.165) is 0 Å². The van der Waals surface area contributed by atoms with Gasteiger partial charge in [0.25, 0.3) is 0 Å². The summed E-state index contributed by atoms with van der Waals surface area (Å²) in [6.07, 6.45) is 4.82. The fraction of sp³-hybridized carbons (Fsp3) is 0.667. The van der Waals surface area contributed by atoms with E-state index in [1.807, 2.05) is 12.2 Å². The van der Waals surface area contributed by atoms with Gasteiger partial charge in [0, 0.05) is 6.42 Å². The smallest absolute Gasteiger partial charge is 0.303 e. The van der Waals surface area contributed by atoms with Crippen LogP contribution in [0.2, 0.25) is 0 Å². The first kappa shape index (κ1) is 10.2. The Balaban J connectivity index is 3.54. The largest absolute Gasteiger partial charge is 0.481 e. The highest BCUT2D eigenvalue weighted by molar-refractivity contribution is 5.66. The van der Waals surface area contributed by atoms with E-state index in [9.17, 15) is 4.79 Å². The number of rotatable bonds is 3. The van der Waals surface area contributed by atoms with Crippen LogP contribution in [0.3, 0.4) is 0 Å². The molecule has 64 valence electrons. The number of hydrogen-bond acceptors (Lipinski definition) is 1. The maximum absolute atomic E-state index is 10.1. The monoisotopic (exact) mass is 156 g/mol. The minimum atomic E-state index is -0.733. The molecule has 0 amide bonds. The average molecular weight is 156 g/mol. The van der Waals surface area contributed by atoms with E-state index in [0.29, 0.717) is 6.42 Å². The lowest BCUT2D eigenvalue weighted by Gasteiger charge is -2.10. The van der Waals surface area contributed by atoms with Crippen molar-refractivity contribution >= 4 is 5.97 Å². The number of allylic oxidation sites excluding steroid dienone is 2. The van der Waals surface area contributed by atoms with Crippen molar-refractivity contribution in [1.82, 2.24) is 0 Å². The van der Waals surface area contributed by atoms with Crippen LogP contribution in [0.1, 0.15) is 33.6 Å². The van der Waals surface area contributed by atoms with Gasteiger partial charge in [-0.05, 0) is 11.8 Å². The van der Waals surface area contributed by atoms with Crippen molar-refractivity contribution in [2.45, 2.75) is 33.6 Å². The van der Waals surface area contributed by atoms with Crippen molar-refractivity contribution in [3.05, 3.63) is 12.2 Å². The summed E-state index contributed by atoms with van der Waals surface area (Å²) in [4.78, 5) is 10.1. The highest BCUT2D eigenvalue weighted by atomic mass is 16.4. The Morgan fingerprint density at radius 1 is 1.45 bits per heavy atom. The van der Waals surface area contributed by atoms with Gasteiger partial charge < -0.3 is 5.11 Å². The Bertz CT molecular complexity index is 151. The van der Waals surface area contributed by atoms with Crippen LogP contribution in [0.15, 0.2) is 12.2 Å². The molecule has 0 spiro atoms. The molecule has 0 heterocycles. The van der Waals surface area contributed by atoms with Crippen LogP contribution in [0, 0.1) is 5.41 Å². The Hall–Kier alpha value is -0.790. The molecule has 0 saturated carbocycles. The minimum Gasteiger partial charge on any atom is -0.481 e. The highest BCUT2D eigenvalue weighted by Gasteiger charge is 2.02. The summed E-state index contributed by atoms with van der Waals surface area (Å²) in [5, 5.41) is 8.31. The van der Waals surface area contributed by atoms with Crippen molar-refractivity contribution in [3.8, 4) is 0 Å². The first-order valence-electron chi connectivity index (χ1n) is 3.81. The molecule has 2 nitrogen and oxygen atoms in total. The molecule has 0 radical (unpaired) electrons. The normalized spacial score (nSPS) is 12.3. The van der Waals surface area contributed by atoms with Gasteiger partial charge in [-0.25, -0.2) is 0 Å². The van der Waals surface area contributed by atoms with Crippen LogP contribution < -0.4 is 0 Å². The van der Waals surface area contributed by atoms with Crippen LogP contribution >= 0.6 is 0 Å². The third-order valence-corrected chi connectivity index (χ3v) is 1.14. The molecule has 0 aliphatic carbocycles. The molecule has 0 unspecified atom stereocenters. The van der Waals surface area contributed by atoms with Crippen molar-refractivity contribution in [2.24, 2.45) is 5.41 Å². The minimum absolute atomic E-state index is 0.165. The second-order valence-electron chi connectivity index (χ2n) is 3.70. The topological polar surface area (TPSA) is 37.3 Å². The summed E-state index contributed by atoms with van der Waals surface area (Å²) in [6.45, 7) is 6.26. The maximum Gasteiger partial charge on any atom is 0.303 e. The average Bonchev–Trinajstić information content (AvgIpc) is 1.78. The number of aliphatic carboxylic acids is 1. The van der Waals surface area contributed by atoms with Crippen LogP contribution in [-0.2, 0) is 4.79 Å². The van der Waals surface area contributed by atoms with Gasteiger partial charge in [0.05, 0.1) is 0 Å². The lowest BCUT2D eigenvalue weighted by molar-refractivity contribution is -0.136. The van der Waals surface area contributed by atoms with Gasteiger partial charge in [-0.1, -0.05) is 32.9 Å². The molecule has 1 N–H and O–H groups in total. The predicted octanol–water partition coefficient (Wildman–Crippen LogP) is 2.45. The first-order valence-corrected chi connectivity index (χ1v) is 3.81. The van der Waals surface area contributed by atoms with Crippen molar-refractivity contribution in [3.63, 3.8) is 0 Å². The zero-order valence-electron chi connectivity index (χ0n) is 7.42. The van der Waals surface area contributed by atoms with E-state index in [1.165, 1.54) is 0 Å². The predicted molar refractivity (Wildman–Crippen MR) is 45.5 cm³/mol. The van der Waals surface area contributed by atoms with Crippen molar-refractivity contribution < 1.29 is 9.90 Å². The molecule has 0 aromatic heterocycles. The molecule has 0 rings (SSSR count).